The average molecular weight is 267 g/mol. The molecule has 0 atom stereocenters. The molecule has 0 spiro atoms. The quantitative estimate of drug-likeness (QED) is 0.705. The van der Waals surface area contributed by atoms with Gasteiger partial charge in [-0.25, -0.2) is 4.39 Å². The molecule has 0 heterocycles. The van der Waals surface area contributed by atoms with Crippen molar-refractivity contribution in [2.75, 3.05) is 12.8 Å². The standard InChI is InChI=1S/C17H14FNO/c1-20-17-9-6-11(10-16(17)19)12-7-8-15(18)14-5-3-2-4-13(12)14/h2-10H,19H2,1H3. The molecule has 2 N–H and O–H groups in total. The van der Waals surface area contributed by atoms with Gasteiger partial charge in [0.25, 0.3) is 0 Å². The number of rotatable bonds is 2. The van der Waals surface area contributed by atoms with E-state index in [1.165, 1.54) is 6.07 Å². The molecule has 0 aliphatic rings. The molecule has 0 aromatic heterocycles. The van der Waals surface area contributed by atoms with Gasteiger partial charge in [-0.2, -0.15) is 0 Å². The Morgan fingerprint density at radius 1 is 0.950 bits per heavy atom. The Balaban J connectivity index is 2.25. The predicted octanol–water partition coefficient (Wildman–Crippen LogP) is 4.24. The van der Waals surface area contributed by atoms with E-state index >= 15 is 0 Å². The molecule has 0 radical (unpaired) electrons. The molecule has 0 aliphatic heterocycles. The van der Waals surface area contributed by atoms with E-state index in [0.29, 0.717) is 16.8 Å². The number of fused-ring (bicyclic) bond motifs is 1. The molecule has 3 heteroatoms. The molecule has 0 amide bonds. The topological polar surface area (TPSA) is 35.2 Å². The highest BCUT2D eigenvalue weighted by Crippen LogP contribution is 2.33. The van der Waals surface area contributed by atoms with Gasteiger partial charge in [0.1, 0.15) is 11.6 Å². The number of hydrogen-bond acceptors (Lipinski definition) is 2. The van der Waals surface area contributed by atoms with Crippen molar-refractivity contribution in [3.63, 3.8) is 0 Å². The van der Waals surface area contributed by atoms with Gasteiger partial charge in [0, 0.05) is 5.39 Å². The number of anilines is 1. The van der Waals surface area contributed by atoms with Crippen molar-refractivity contribution in [3.05, 3.63) is 60.4 Å². The van der Waals surface area contributed by atoms with Crippen LogP contribution in [0.25, 0.3) is 21.9 Å². The lowest BCUT2D eigenvalue weighted by molar-refractivity contribution is 0.417. The van der Waals surface area contributed by atoms with E-state index in [4.69, 9.17) is 10.5 Å². The number of methoxy groups -OCH3 is 1. The summed E-state index contributed by atoms with van der Waals surface area (Å²) in [6.45, 7) is 0. The Hall–Kier alpha value is -2.55. The second-order valence-corrected chi connectivity index (χ2v) is 4.60. The van der Waals surface area contributed by atoms with Crippen LogP contribution in [0.5, 0.6) is 5.75 Å². The van der Waals surface area contributed by atoms with Crippen LogP contribution in [-0.4, -0.2) is 7.11 Å². The molecule has 0 aliphatic carbocycles. The minimum Gasteiger partial charge on any atom is -0.495 e. The van der Waals surface area contributed by atoms with Gasteiger partial charge >= 0.3 is 0 Å². The molecule has 3 aromatic rings. The van der Waals surface area contributed by atoms with Crippen molar-refractivity contribution in [1.29, 1.82) is 0 Å². The van der Waals surface area contributed by atoms with Crippen molar-refractivity contribution >= 4 is 16.5 Å². The number of ether oxygens (including phenoxy) is 1. The molecule has 0 bridgehead atoms. The molecule has 20 heavy (non-hydrogen) atoms. The fourth-order valence-electron chi connectivity index (χ4n) is 2.42. The third-order valence-corrected chi connectivity index (χ3v) is 3.41. The second-order valence-electron chi connectivity index (χ2n) is 4.60. The summed E-state index contributed by atoms with van der Waals surface area (Å²) >= 11 is 0. The fraction of sp³-hybridized carbons (Fsp3) is 0.0588. The summed E-state index contributed by atoms with van der Waals surface area (Å²) in [7, 11) is 1.58. The Morgan fingerprint density at radius 2 is 1.70 bits per heavy atom. The van der Waals surface area contributed by atoms with Crippen molar-refractivity contribution in [3.8, 4) is 16.9 Å². The van der Waals surface area contributed by atoms with Gasteiger partial charge in [0.05, 0.1) is 12.8 Å². The van der Waals surface area contributed by atoms with Gasteiger partial charge in [0.2, 0.25) is 0 Å². The van der Waals surface area contributed by atoms with Crippen LogP contribution >= 0.6 is 0 Å². The molecular formula is C17H14FNO. The number of nitrogens with two attached hydrogens (primary N) is 1. The Bertz CT molecular complexity index is 783. The van der Waals surface area contributed by atoms with Crippen molar-refractivity contribution < 1.29 is 9.13 Å². The van der Waals surface area contributed by atoms with E-state index in [0.717, 1.165) is 16.5 Å². The van der Waals surface area contributed by atoms with Gasteiger partial charge in [-0.05, 0) is 34.7 Å². The predicted molar refractivity (Wildman–Crippen MR) is 80.3 cm³/mol. The first-order valence-corrected chi connectivity index (χ1v) is 6.32. The number of nitrogen functional groups attached to an aromatic ring is 1. The van der Waals surface area contributed by atoms with Gasteiger partial charge in [-0.15, -0.1) is 0 Å². The van der Waals surface area contributed by atoms with Crippen LogP contribution in [-0.2, 0) is 0 Å². The first-order chi connectivity index (χ1) is 9.70. The van der Waals surface area contributed by atoms with E-state index in [9.17, 15) is 4.39 Å². The zero-order valence-electron chi connectivity index (χ0n) is 11.1. The molecule has 3 rings (SSSR count). The fourth-order valence-corrected chi connectivity index (χ4v) is 2.42. The lowest BCUT2D eigenvalue weighted by Gasteiger charge is -2.10. The van der Waals surface area contributed by atoms with E-state index in [1.54, 1.807) is 19.2 Å². The molecular weight excluding hydrogens is 253 g/mol. The highest BCUT2D eigenvalue weighted by atomic mass is 19.1. The van der Waals surface area contributed by atoms with Crippen LogP contribution in [0.15, 0.2) is 54.6 Å². The van der Waals surface area contributed by atoms with E-state index in [1.807, 2.05) is 36.4 Å². The lowest BCUT2D eigenvalue weighted by atomic mass is 9.97. The minimum absolute atomic E-state index is 0.217. The zero-order valence-corrected chi connectivity index (χ0v) is 11.1. The average Bonchev–Trinajstić information content (AvgIpc) is 2.48. The summed E-state index contributed by atoms with van der Waals surface area (Å²) in [5.74, 6) is 0.422. The number of benzene rings is 3. The first-order valence-electron chi connectivity index (χ1n) is 6.32. The molecule has 0 fully saturated rings. The van der Waals surface area contributed by atoms with Crippen LogP contribution in [0.2, 0.25) is 0 Å². The summed E-state index contributed by atoms with van der Waals surface area (Å²) in [6, 6.07) is 16.3. The molecule has 0 unspecified atom stereocenters. The summed E-state index contributed by atoms with van der Waals surface area (Å²) in [5.41, 5.74) is 8.41. The van der Waals surface area contributed by atoms with Crippen molar-refractivity contribution in [2.24, 2.45) is 0 Å². The van der Waals surface area contributed by atoms with Gasteiger partial charge < -0.3 is 10.5 Å². The van der Waals surface area contributed by atoms with E-state index in [2.05, 4.69) is 0 Å². The third kappa shape index (κ3) is 1.97. The van der Waals surface area contributed by atoms with Gasteiger partial charge in [-0.1, -0.05) is 36.4 Å². The summed E-state index contributed by atoms with van der Waals surface area (Å²) in [5, 5.41) is 1.48. The largest absolute Gasteiger partial charge is 0.495 e. The maximum absolute atomic E-state index is 13.8. The first kappa shape index (κ1) is 12.5. The Morgan fingerprint density at radius 3 is 2.40 bits per heavy atom. The van der Waals surface area contributed by atoms with E-state index < -0.39 is 0 Å². The van der Waals surface area contributed by atoms with Crippen LogP contribution in [0.3, 0.4) is 0 Å². The smallest absolute Gasteiger partial charge is 0.141 e. The highest BCUT2D eigenvalue weighted by Gasteiger charge is 2.09. The summed E-state index contributed by atoms with van der Waals surface area (Å²) in [4.78, 5) is 0. The van der Waals surface area contributed by atoms with Crippen molar-refractivity contribution in [2.45, 2.75) is 0 Å². The van der Waals surface area contributed by atoms with Crippen molar-refractivity contribution in [1.82, 2.24) is 0 Å². The summed E-state index contributed by atoms with van der Waals surface area (Å²) < 4.78 is 19.0. The number of halogens is 1. The number of hydrogen-bond donors (Lipinski definition) is 1. The van der Waals surface area contributed by atoms with Crippen LogP contribution in [0.1, 0.15) is 0 Å². The van der Waals surface area contributed by atoms with E-state index in [-0.39, 0.29) is 5.82 Å². The summed E-state index contributed by atoms with van der Waals surface area (Å²) in [6.07, 6.45) is 0. The molecule has 0 saturated carbocycles. The molecule has 3 aromatic carbocycles. The normalized spacial score (nSPS) is 10.7. The Kier molecular flexibility index (Phi) is 3.03. The molecule has 100 valence electrons. The molecule has 0 saturated heterocycles. The minimum atomic E-state index is -0.217. The van der Waals surface area contributed by atoms with Gasteiger partial charge in [0.15, 0.2) is 0 Å². The second kappa shape index (κ2) is 4.85. The lowest BCUT2D eigenvalue weighted by Crippen LogP contribution is -1.93. The van der Waals surface area contributed by atoms with Crippen LogP contribution in [0.4, 0.5) is 10.1 Å². The van der Waals surface area contributed by atoms with Gasteiger partial charge in [-0.3, -0.25) is 0 Å². The monoisotopic (exact) mass is 267 g/mol. The highest BCUT2D eigenvalue weighted by molar-refractivity contribution is 5.97. The third-order valence-electron chi connectivity index (χ3n) is 3.41. The zero-order chi connectivity index (χ0) is 14.1. The maximum atomic E-state index is 13.8. The SMILES string of the molecule is COc1ccc(-c2ccc(F)c3ccccc23)cc1N. The van der Waals surface area contributed by atoms with Crippen LogP contribution < -0.4 is 10.5 Å². The molecule has 2 nitrogen and oxygen atoms in total. The maximum Gasteiger partial charge on any atom is 0.141 e. The van der Waals surface area contributed by atoms with Crippen LogP contribution in [0, 0.1) is 5.82 Å². The Labute approximate surface area is 116 Å².